The number of hydrogen-bond donors (Lipinski definition) is 0. The van der Waals surface area contributed by atoms with E-state index in [4.69, 9.17) is 0 Å². The van der Waals surface area contributed by atoms with Crippen molar-refractivity contribution in [2.45, 2.75) is 11.4 Å². The average Bonchev–Trinajstić information content (AvgIpc) is 1.90. The maximum atomic E-state index is 4.17. The van der Waals surface area contributed by atoms with Gasteiger partial charge in [0.25, 0.3) is 0 Å². The molecule has 0 atom stereocenters. The summed E-state index contributed by atoms with van der Waals surface area (Å²) >= 11 is 1.29. The van der Waals surface area contributed by atoms with E-state index in [1.54, 1.807) is 0 Å². The molecule has 0 fully saturated rings. The molecule has 1 aromatic heterocycles. The van der Waals surface area contributed by atoms with Gasteiger partial charge in [-0.3, -0.25) is 0 Å². The number of rotatable bonds is 1. The van der Waals surface area contributed by atoms with Gasteiger partial charge in [0.15, 0.2) is 0 Å². The van der Waals surface area contributed by atoms with E-state index in [9.17, 15) is 0 Å². The van der Waals surface area contributed by atoms with Crippen LogP contribution in [0, 0.1) is 6.92 Å². The minimum absolute atomic E-state index is 1.10. The van der Waals surface area contributed by atoms with Crippen LogP contribution < -0.4 is 0 Å². The van der Waals surface area contributed by atoms with E-state index in [0.29, 0.717) is 0 Å². The third-order valence-corrected chi connectivity index (χ3v) is 2.55. The second-order valence-corrected chi connectivity index (χ2v) is 3.18. The second-order valence-electron chi connectivity index (χ2n) is 2.01. The SMILES string of the molecule is Cc1ccc([CH2][SnH])cn1. The molecule has 2 radical (unpaired) electrons. The Balaban J connectivity index is 2.88. The molecular weight excluding hydrogens is 217 g/mol. The van der Waals surface area contributed by atoms with Gasteiger partial charge in [-0.25, -0.2) is 0 Å². The van der Waals surface area contributed by atoms with Crippen molar-refractivity contribution in [3.8, 4) is 0 Å². The molecule has 0 aliphatic heterocycles. The summed E-state index contributed by atoms with van der Waals surface area (Å²) in [5.74, 6) is 0. The van der Waals surface area contributed by atoms with Crippen LogP contribution in [0.4, 0.5) is 0 Å². The first-order valence-corrected chi connectivity index (χ1v) is 5.27. The van der Waals surface area contributed by atoms with Crippen LogP contribution in [-0.2, 0) is 4.44 Å². The average molecular weight is 226 g/mol. The molecule has 0 spiro atoms. The van der Waals surface area contributed by atoms with Crippen molar-refractivity contribution in [3.63, 3.8) is 0 Å². The zero-order valence-corrected chi connectivity index (χ0v) is 8.76. The van der Waals surface area contributed by atoms with Gasteiger partial charge in [-0.1, -0.05) is 0 Å². The van der Waals surface area contributed by atoms with Gasteiger partial charge in [0, 0.05) is 0 Å². The first-order chi connectivity index (χ1) is 4.33. The molecule has 0 aliphatic rings. The van der Waals surface area contributed by atoms with Crippen LogP contribution in [0.1, 0.15) is 11.3 Å². The standard InChI is InChI=1S/C7H8N.Sn.H/c1-6-3-4-7(2)8-5-6;;/h3-5H,1H2,2H3;;. The molecule has 1 nitrogen and oxygen atoms in total. The Bertz CT molecular complexity index is 181. The Morgan fingerprint density at radius 3 is 2.78 bits per heavy atom. The van der Waals surface area contributed by atoms with Crippen molar-refractivity contribution < 1.29 is 0 Å². The van der Waals surface area contributed by atoms with Crippen molar-refractivity contribution >= 4 is 22.5 Å². The number of aryl methyl sites for hydroxylation is 1. The van der Waals surface area contributed by atoms with Crippen LogP contribution in [0.2, 0.25) is 0 Å². The number of hydrogen-bond acceptors (Lipinski definition) is 1. The zero-order valence-electron chi connectivity index (χ0n) is 5.46. The van der Waals surface area contributed by atoms with Crippen molar-refractivity contribution in [1.82, 2.24) is 4.98 Å². The van der Waals surface area contributed by atoms with Crippen molar-refractivity contribution in [3.05, 3.63) is 29.6 Å². The monoisotopic (exact) mass is 227 g/mol. The summed E-state index contributed by atoms with van der Waals surface area (Å²) in [6.45, 7) is 2.01. The molecule has 0 aliphatic carbocycles. The second kappa shape index (κ2) is 3.20. The van der Waals surface area contributed by atoms with Crippen LogP contribution in [-0.4, -0.2) is 27.5 Å². The quantitative estimate of drug-likeness (QED) is 0.645. The number of nitrogens with zero attached hydrogens (tertiary/aromatic N) is 1. The Kier molecular flexibility index (Phi) is 2.51. The predicted octanol–water partition coefficient (Wildman–Crippen LogP) is 0.791. The molecule has 0 bridgehead atoms. The summed E-state index contributed by atoms with van der Waals surface area (Å²) in [5.41, 5.74) is 2.47. The van der Waals surface area contributed by atoms with Crippen LogP contribution in [0.5, 0.6) is 0 Å². The molecule has 0 aromatic carbocycles. The van der Waals surface area contributed by atoms with Gasteiger partial charge in [0.2, 0.25) is 0 Å². The molecule has 0 N–H and O–H groups in total. The molecule has 0 unspecified atom stereocenters. The van der Waals surface area contributed by atoms with Crippen molar-refractivity contribution in [2.24, 2.45) is 0 Å². The summed E-state index contributed by atoms with van der Waals surface area (Å²) in [5, 5.41) is 0. The van der Waals surface area contributed by atoms with Crippen LogP contribution in [0.25, 0.3) is 0 Å². The fourth-order valence-corrected chi connectivity index (χ4v) is 1.31. The predicted molar refractivity (Wildman–Crippen MR) is 39.8 cm³/mol. The summed E-state index contributed by atoms with van der Waals surface area (Å²) in [6, 6.07) is 4.21. The molecule has 46 valence electrons. The third-order valence-electron chi connectivity index (χ3n) is 1.21. The van der Waals surface area contributed by atoms with Gasteiger partial charge in [0.1, 0.15) is 0 Å². The van der Waals surface area contributed by atoms with Gasteiger partial charge >= 0.3 is 68.5 Å². The van der Waals surface area contributed by atoms with Gasteiger partial charge in [-0.15, -0.1) is 0 Å². The molecule has 1 aromatic rings. The van der Waals surface area contributed by atoms with E-state index < -0.39 is 0 Å². The number of pyridine rings is 1. The first kappa shape index (κ1) is 7.06. The maximum absolute atomic E-state index is 4.17. The Morgan fingerprint density at radius 2 is 2.33 bits per heavy atom. The molecule has 9 heavy (non-hydrogen) atoms. The fourth-order valence-electron chi connectivity index (χ4n) is 0.619. The summed E-state index contributed by atoms with van der Waals surface area (Å²) < 4.78 is 1.21. The van der Waals surface area contributed by atoms with Gasteiger partial charge < -0.3 is 0 Å². The molecule has 1 heterocycles. The molecule has 0 saturated heterocycles. The van der Waals surface area contributed by atoms with Gasteiger partial charge in [-0.05, 0) is 0 Å². The molecule has 0 saturated carbocycles. The molecular formula is C7H9NSn. The van der Waals surface area contributed by atoms with E-state index in [0.717, 1.165) is 5.69 Å². The van der Waals surface area contributed by atoms with E-state index in [-0.39, 0.29) is 0 Å². The van der Waals surface area contributed by atoms with E-state index in [1.165, 1.54) is 32.5 Å². The minimum atomic E-state index is 1.10. The fraction of sp³-hybridized carbons (Fsp3) is 0.286. The Labute approximate surface area is 68.6 Å². The number of aromatic nitrogens is 1. The van der Waals surface area contributed by atoms with Crippen LogP contribution in [0.3, 0.4) is 0 Å². The van der Waals surface area contributed by atoms with E-state index >= 15 is 0 Å². The van der Waals surface area contributed by atoms with E-state index in [1.807, 2.05) is 13.1 Å². The summed E-state index contributed by atoms with van der Waals surface area (Å²) in [7, 11) is 0. The third kappa shape index (κ3) is 1.97. The van der Waals surface area contributed by atoms with Gasteiger partial charge in [-0.2, -0.15) is 0 Å². The summed E-state index contributed by atoms with van der Waals surface area (Å²) in [4.78, 5) is 4.17. The Hall–Kier alpha value is -0.0513. The molecule has 0 amide bonds. The van der Waals surface area contributed by atoms with Crippen molar-refractivity contribution in [2.75, 3.05) is 0 Å². The molecule has 2 heteroatoms. The van der Waals surface area contributed by atoms with Crippen LogP contribution >= 0.6 is 0 Å². The Morgan fingerprint density at radius 1 is 1.56 bits per heavy atom. The zero-order chi connectivity index (χ0) is 6.69. The first-order valence-electron chi connectivity index (χ1n) is 2.94. The van der Waals surface area contributed by atoms with Crippen molar-refractivity contribution in [1.29, 1.82) is 0 Å². The normalized spacial score (nSPS) is 9.56. The van der Waals surface area contributed by atoms with E-state index in [2.05, 4.69) is 17.1 Å². The summed E-state index contributed by atoms with van der Waals surface area (Å²) in [6.07, 6.45) is 1.96. The van der Waals surface area contributed by atoms with Gasteiger partial charge in [0.05, 0.1) is 0 Å². The topological polar surface area (TPSA) is 12.9 Å². The van der Waals surface area contributed by atoms with Crippen LogP contribution in [0.15, 0.2) is 18.3 Å². The molecule has 1 rings (SSSR count).